The molecule has 0 aliphatic carbocycles. The molecule has 0 aliphatic rings. The van der Waals surface area contributed by atoms with Gasteiger partial charge in [0.15, 0.2) is 0 Å². The van der Waals surface area contributed by atoms with Crippen molar-refractivity contribution in [3.05, 3.63) is 65.9 Å². The summed E-state index contributed by atoms with van der Waals surface area (Å²) in [6, 6.07) is 15.3. The number of aromatic carboxylic acids is 1. The van der Waals surface area contributed by atoms with E-state index in [-0.39, 0.29) is 11.0 Å². The molecule has 0 atom stereocenters. The highest BCUT2D eigenvalue weighted by Gasteiger charge is 2.16. The van der Waals surface area contributed by atoms with E-state index >= 15 is 0 Å². The number of fused-ring (bicyclic) bond motifs is 3. The number of ether oxygens (including phenoxy) is 1. The van der Waals surface area contributed by atoms with Crippen molar-refractivity contribution in [3.63, 3.8) is 0 Å². The lowest BCUT2D eigenvalue weighted by molar-refractivity contribution is 0.0697. The van der Waals surface area contributed by atoms with Crippen LogP contribution in [0, 0.1) is 0 Å². The third-order valence-electron chi connectivity index (χ3n) is 5.01. The molecule has 4 aromatic rings. The average molecular weight is 374 g/mol. The molecule has 0 spiro atoms. The fourth-order valence-electron chi connectivity index (χ4n) is 3.40. The molecule has 0 unspecified atom stereocenters. The van der Waals surface area contributed by atoms with Crippen molar-refractivity contribution in [2.75, 3.05) is 7.11 Å². The number of carbonyl (C=O) groups is 1. The van der Waals surface area contributed by atoms with Gasteiger partial charge in [-0.1, -0.05) is 45.0 Å². The quantitative estimate of drug-likeness (QED) is 0.538. The largest absolute Gasteiger partial charge is 0.495 e. The first-order valence-corrected chi connectivity index (χ1v) is 9.12. The molecule has 4 rings (SSSR count). The maximum atomic E-state index is 11.4. The Balaban J connectivity index is 1.99. The highest BCUT2D eigenvalue weighted by Crippen LogP contribution is 2.32. The van der Waals surface area contributed by atoms with Crippen LogP contribution in [0.2, 0.25) is 0 Å². The molecule has 0 saturated carbocycles. The normalized spacial score (nSPS) is 11.9. The molecule has 1 N–H and O–H groups in total. The molecule has 0 radical (unpaired) electrons. The Hall–Kier alpha value is -3.34. The van der Waals surface area contributed by atoms with E-state index in [2.05, 4.69) is 45.0 Å². The van der Waals surface area contributed by atoms with Crippen LogP contribution in [0.15, 0.2) is 54.7 Å². The molecular weight excluding hydrogens is 352 g/mol. The fourth-order valence-corrected chi connectivity index (χ4v) is 3.40. The van der Waals surface area contributed by atoms with Gasteiger partial charge in [0.05, 0.1) is 41.1 Å². The maximum Gasteiger partial charge on any atom is 0.335 e. The van der Waals surface area contributed by atoms with Gasteiger partial charge in [-0.2, -0.15) is 0 Å². The van der Waals surface area contributed by atoms with Crippen LogP contribution in [-0.4, -0.2) is 27.6 Å². The van der Waals surface area contributed by atoms with E-state index in [1.807, 2.05) is 16.7 Å². The van der Waals surface area contributed by atoms with Gasteiger partial charge in [0, 0.05) is 11.6 Å². The Bertz CT molecular complexity index is 1200. The van der Waals surface area contributed by atoms with Gasteiger partial charge in [0.1, 0.15) is 5.75 Å². The first-order chi connectivity index (χ1) is 13.3. The zero-order valence-electron chi connectivity index (χ0n) is 16.4. The summed E-state index contributed by atoms with van der Waals surface area (Å²) in [5.74, 6) is -0.242. The van der Waals surface area contributed by atoms with Crippen LogP contribution in [0.25, 0.3) is 27.8 Å². The minimum absolute atomic E-state index is 0.0688. The summed E-state index contributed by atoms with van der Waals surface area (Å²) in [6.45, 7) is 6.54. The minimum atomic E-state index is -0.968. The van der Waals surface area contributed by atoms with Crippen LogP contribution in [0.4, 0.5) is 0 Å². The third kappa shape index (κ3) is 2.99. The molecule has 2 heterocycles. The second kappa shape index (κ2) is 6.37. The zero-order valence-corrected chi connectivity index (χ0v) is 16.4. The molecule has 5 heteroatoms. The summed E-state index contributed by atoms with van der Waals surface area (Å²) in [6.07, 6.45) is 1.90. The first-order valence-electron chi connectivity index (χ1n) is 9.12. The molecule has 2 aromatic heterocycles. The Morgan fingerprint density at radius 2 is 1.75 bits per heavy atom. The topological polar surface area (TPSA) is 63.8 Å². The molecule has 142 valence electrons. The second-order valence-electron chi connectivity index (χ2n) is 7.93. The number of carboxylic acid groups (broad SMARTS) is 1. The van der Waals surface area contributed by atoms with Crippen LogP contribution < -0.4 is 4.74 Å². The standard InChI is InChI=1S/C23H22N2O3/c1-23(2,3)16-8-5-14(6-9-16)21-20-12-17(28-4)13-25(20)19-10-7-15(22(26)27)11-18(19)24-21/h5-13H,1-4H3,(H,26,27). The number of hydrogen-bond donors (Lipinski definition) is 1. The molecule has 0 amide bonds. The zero-order chi connectivity index (χ0) is 20.1. The maximum absolute atomic E-state index is 11.4. The summed E-state index contributed by atoms with van der Waals surface area (Å²) in [5.41, 5.74) is 5.66. The van der Waals surface area contributed by atoms with Gasteiger partial charge in [-0.15, -0.1) is 0 Å². The lowest BCUT2D eigenvalue weighted by atomic mass is 9.86. The summed E-state index contributed by atoms with van der Waals surface area (Å²) in [4.78, 5) is 16.2. The Morgan fingerprint density at radius 3 is 2.36 bits per heavy atom. The number of methoxy groups -OCH3 is 1. The van der Waals surface area contributed by atoms with Crippen LogP contribution in [0.5, 0.6) is 5.75 Å². The second-order valence-corrected chi connectivity index (χ2v) is 7.93. The van der Waals surface area contributed by atoms with E-state index in [0.29, 0.717) is 5.52 Å². The van der Waals surface area contributed by atoms with Crippen molar-refractivity contribution in [2.45, 2.75) is 26.2 Å². The molecule has 28 heavy (non-hydrogen) atoms. The van der Waals surface area contributed by atoms with Crippen LogP contribution in [-0.2, 0) is 5.41 Å². The van der Waals surface area contributed by atoms with Crippen LogP contribution in [0.1, 0.15) is 36.7 Å². The molecule has 5 nitrogen and oxygen atoms in total. The smallest absolute Gasteiger partial charge is 0.335 e. The van der Waals surface area contributed by atoms with Crippen molar-refractivity contribution in [1.29, 1.82) is 0 Å². The molecule has 0 bridgehead atoms. The summed E-state index contributed by atoms with van der Waals surface area (Å²) >= 11 is 0. The lowest BCUT2D eigenvalue weighted by Crippen LogP contribution is -2.10. The number of nitrogens with zero attached hydrogens (tertiary/aromatic N) is 2. The number of carboxylic acids is 1. The van der Waals surface area contributed by atoms with Gasteiger partial charge in [0.2, 0.25) is 0 Å². The van der Waals surface area contributed by atoms with Gasteiger partial charge in [-0.25, -0.2) is 9.78 Å². The average Bonchev–Trinajstić information content (AvgIpc) is 3.11. The fraction of sp³-hybridized carbons (Fsp3) is 0.217. The van der Waals surface area contributed by atoms with Crippen molar-refractivity contribution < 1.29 is 14.6 Å². The van der Waals surface area contributed by atoms with Crippen LogP contribution >= 0.6 is 0 Å². The molecule has 2 aromatic carbocycles. The summed E-state index contributed by atoms with van der Waals surface area (Å²) < 4.78 is 7.42. The lowest BCUT2D eigenvalue weighted by Gasteiger charge is -2.19. The van der Waals surface area contributed by atoms with E-state index in [1.54, 1.807) is 25.3 Å². The monoisotopic (exact) mass is 374 g/mol. The van der Waals surface area contributed by atoms with E-state index in [9.17, 15) is 9.90 Å². The third-order valence-corrected chi connectivity index (χ3v) is 5.01. The Morgan fingerprint density at radius 1 is 1.04 bits per heavy atom. The van der Waals surface area contributed by atoms with Crippen molar-refractivity contribution in [3.8, 4) is 17.0 Å². The molecule has 0 saturated heterocycles. The number of hydrogen-bond acceptors (Lipinski definition) is 3. The van der Waals surface area contributed by atoms with Crippen LogP contribution in [0.3, 0.4) is 0 Å². The first kappa shape index (κ1) is 18.0. The van der Waals surface area contributed by atoms with E-state index in [1.165, 1.54) is 5.56 Å². The van der Waals surface area contributed by atoms with Gasteiger partial charge in [0.25, 0.3) is 0 Å². The van der Waals surface area contributed by atoms with Gasteiger partial charge < -0.3 is 14.2 Å². The Kier molecular flexibility index (Phi) is 4.11. The predicted octanol–water partition coefficient (Wildman–Crippen LogP) is 5.16. The van der Waals surface area contributed by atoms with Crippen molar-refractivity contribution in [1.82, 2.24) is 9.38 Å². The van der Waals surface area contributed by atoms with E-state index < -0.39 is 5.97 Å². The number of rotatable bonds is 3. The number of aromatic nitrogens is 2. The van der Waals surface area contributed by atoms with Crippen molar-refractivity contribution >= 4 is 22.5 Å². The number of benzene rings is 2. The molecule has 0 aliphatic heterocycles. The highest BCUT2D eigenvalue weighted by molar-refractivity contribution is 5.95. The van der Waals surface area contributed by atoms with Gasteiger partial charge in [-0.3, -0.25) is 0 Å². The van der Waals surface area contributed by atoms with Gasteiger partial charge >= 0.3 is 5.97 Å². The summed E-state index contributed by atoms with van der Waals surface area (Å²) in [5, 5.41) is 9.34. The van der Waals surface area contributed by atoms with Gasteiger partial charge in [-0.05, 0) is 29.2 Å². The SMILES string of the molecule is COc1cc2c(-c3ccc(C(C)(C)C)cc3)nc3cc(C(=O)O)ccc3n2c1. The van der Waals surface area contributed by atoms with E-state index in [0.717, 1.165) is 28.0 Å². The Labute approximate surface area is 163 Å². The van der Waals surface area contributed by atoms with E-state index in [4.69, 9.17) is 9.72 Å². The molecular formula is C23H22N2O3. The highest BCUT2D eigenvalue weighted by atomic mass is 16.5. The predicted molar refractivity (Wildman–Crippen MR) is 110 cm³/mol. The molecule has 0 fully saturated rings. The minimum Gasteiger partial charge on any atom is -0.495 e. The van der Waals surface area contributed by atoms with Crippen molar-refractivity contribution in [2.24, 2.45) is 0 Å². The summed E-state index contributed by atoms with van der Waals surface area (Å²) in [7, 11) is 1.63.